The van der Waals surface area contributed by atoms with Crippen molar-refractivity contribution in [1.29, 1.82) is 0 Å². The number of halogens is 1. The molecule has 0 unspecified atom stereocenters. The highest BCUT2D eigenvalue weighted by molar-refractivity contribution is 7.96. The summed E-state index contributed by atoms with van der Waals surface area (Å²) in [6.07, 6.45) is 0. The van der Waals surface area contributed by atoms with E-state index in [0.717, 1.165) is 23.6 Å². The van der Waals surface area contributed by atoms with Crippen molar-refractivity contribution in [2.75, 3.05) is 49.7 Å². The number of hydrogen-bond donors (Lipinski definition) is 0. The van der Waals surface area contributed by atoms with Gasteiger partial charge in [0.1, 0.15) is 11.6 Å². The summed E-state index contributed by atoms with van der Waals surface area (Å²) in [4.78, 5) is 4.11. The molecule has 2 saturated heterocycles. The quantitative estimate of drug-likeness (QED) is 0.617. The Hall–Kier alpha value is -2.17. The van der Waals surface area contributed by atoms with E-state index in [1.807, 2.05) is 29.2 Å². The molecular formula is C21H25FN2O5S2. The number of nitrogens with zero attached hydrogens (tertiary/aromatic N) is 2. The smallest absolute Gasteiger partial charge is 0.183 e. The summed E-state index contributed by atoms with van der Waals surface area (Å²) in [6, 6.07) is 11.7. The van der Waals surface area contributed by atoms with Crippen LogP contribution in [0.3, 0.4) is 0 Å². The van der Waals surface area contributed by atoms with Gasteiger partial charge < -0.3 is 9.64 Å². The molecule has 2 fully saturated rings. The van der Waals surface area contributed by atoms with E-state index in [0.29, 0.717) is 26.2 Å². The molecule has 2 aliphatic rings. The molecule has 0 spiro atoms. The first kappa shape index (κ1) is 22.0. The van der Waals surface area contributed by atoms with Crippen LogP contribution in [0.5, 0.6) is 5.75 Å². The molecule has 2 aliphatic heterocycles. The Balaban J connectivity index is 1.51. The van der Waals surface area contributed by atoms with Crippen LogP contribution in [-0.4, -0.2) is 77.8 Å². The average molecular weight is 469 g/mol. The minimum atomic E-state index is -3.91. The topological polar surface area (TPSA) is 84.0 Å². The maximum absolute atomic E-state index is 13.3. The molecule has 0 bridgehead atoms. The van der Waals surface area contributed by atoms with Gasteiger partial charge >= 0.3 is 0 Å². The maximum atomic E-state index is 13.3. The van der Waals surface area contributed by atoms with Crippen LogP contribution in [-0.2, 0) is 19.7 Å². The van der Waals surface area contributed by atoms with Gasteiger partial charge in [-0.1, -0.05) is 0 Å². The van der Waals surface area contributed by atoms with Gasteiger partial charge in [-0.2, -0.15) is 0 Å². The standard InChI is InChI=1S/C21H25FN2O5S2/c1-29-18-6-4-17(5-7-18)23-10-12-24(13-11-23)20-14-30(25,26)15-21(20)31(27,28)19-8-2-16(22)3-9-19/h2-9,20-21H,10-15H2,1H3/t20-,21-/m0/s1. The van der Waals surface area contributed by atoms with Crippen LogP contribution in [0.25, 0.3) is 0 Å². The van der Waals surface area contributed by atoms with Gasteiger partial charge in [0.05, 0.1) is 28.8 Å². The number of anilines is 1. The number of sulfone groups is 2. The van der Waals surface area contributed by atoms with Gasteiger partial charge in [-0.05, 0) is 48.5 Å². The molecule has 2 aromatic carbocycles. The van der Waals surface area contributed by atoms with Crippen molar-refractivity contribution in [3.8, 4) is 5.75 Å². The third-order valence-electron chi connectivity index (χ3n) is 6.03. The molecule has 0 amide bonds. The van der Waals surface area contributed by atoms with Crippen molar-refractivity contribution >= 4 is 25.4 Å². The van der Waals surface area contributed by atoms with Crippen LogP contribution in [0.15, 0.2) is 53.4 Å². The van der Waals surface area contributed by atoms with Crippen molar-refractivity contribution in [1.82, 2.24) is 4.90 Å². The van der Waals surface area contributed by atoms with Crippen molar-refractivity contribution in [2.24, 2.45) is 0 Å². The van der Waals surface area contributed by atoms with Crippen LogP contribution in [0.4, 0.5) is 10.1 Å². The summed E-state index contributed by atoms with van der Waals surface area (Å²) in [7, 11) is -5.79. The molecule has 0 radical (unpaired) electrons. The third-order valence-corrected chi connectivity index (χ3v) is 10.2. The number of benzene rings is 2. The van der Waals surface area contributed by atoms with E-state index in [2.05, 4.69) is 4.90 Å². The molecule has 4 rings (SSSR count). The Morgan fingerprint density at radius 2 is 1.55 bits per heavy atom. The highest BCUT2D eigenvalue weighted by Gasteiger charge is 2.48. The van der Waals surface area contributed by atoms with Crippen LogP contribution in [0.2, 0.25) is 0 Å². The Kier molecular flexibility index (Phi) is 5.97. The van der Waals surface area contributed by atoms with E-state index in [1.165, 1.54) is 12.1 Å². The highest BCUT2D eigenvalue weighted by atomic mass is 32.2. The summed E-state index contributed by atoms with van der Waals surface area (Å²) in [5, 5.41) is -1.06. The van der Waals surface area contributed by atoms with Crippen molar-refractivity contribution in [3.05, 3.63) is 54.3 Å². The number of rotatable bonds is 5. The number of hydrogen-bond acceptors (Lipinski definition) is 7. The average Bonchev–Trinajstić information content (AvgIpc) is 3.10. The first-order valence-electron chi connectivity index (χ1n) is 10.0. The SMILES string of the molecule is COc1ccc(N2CCN([C@H]3CS(=O)(=O)C[C@@H]3S(=O)(=O)c3ccc(F)cc3)CC2)cc1. The lowest BCUT2D eigenvalue weighted by atomic mass is 10.1. The highest BCUT2D eigenvalue weighted by Crippen LogP contribution is 2.30. The van der Waals surface area contributed by atoms with Crippen LogP contribution < -0.4 is 9.64 Å². The van der Waals surface area contributed by atoms with E-state index >= 15 is 0 Å². The predicted octanol–water partition coefficient (Wildman–Crippen LogP) is 1.60. The second kappa shape index (κ2) is 8.40. The van der Waals surface area contributed by atoms with E-state index in [4.69, 9.17) is 4.74 Å². The van der Waals surface area contributed by atoms with Crippen LogP contribution in [0, 0.1) is 5.82 Å². The molecule has 7 nitrogen and oxygen atoms in total. The molecule has 0 aliphatic carbocycles. The largest absolute Gasteiger partial charge is 0.497 e. The van der Waals surface area contributed by atoms with E-state index in [9.17, 15) is 21.2 Å². The zero-order valence-electron chi connectivity index (χ0n) is 17.1. The lowest BCUT2D eigenvalue weighted by Gasteiger charge is -2.40. The Bertz CT molecular complexity index is 1130. The first-order chi connectivity index (χ1) is 14.7. The fraction of sp³-hybridized carbons (Fsp3) is 0.429. The lowest BCUT2D eigenvalue weighted by molar-refractivity contribution is 0.201. The van der Waals surface area contributed by atoms with Gasteiger partial charge in [0, 0.05) is 37.9 Å². The minimum Gasteiger partial charge on any atom is -0.497 e. The van der Waals surface area contributed by atoms with Crippen molar-refractivity contribution in [2.45, 2.75) is 16.2 Å². The van der Waals surface area contributed by atoms with Gasteiger partial charge in [0.2, 0.25) is 0 Å². The maximum Gasteiger partial charge on any atom is 0.183 e. The fourth-order valence-corrected chi connectivity index (χ4v) is 9.17. The summed E-state index contributed by atoms with van der Waals surface area (Å²) < 4.78 is 69.6. The van der Waals surface area contributed by atoms with Gasteiger partial charge in [-0.25, -0.2) is 21.2 Å². The summed E-state index contributed by atoms with van der Waals surface area (Å²) in [5.74, 6) is -0.354. The van der Waals surface area contributed by atoms with Gasteiger partial charge in [0.15, 0.2) is 19.7 Å². The third kappa shape index (κ3) is 4.56. The molecule has 2 atom stereocenters. The lowest BCUT2D eigenvalue weighted by Crippen LogP contribution is -2.55. The number of ether oxygens (including phenoxy) is 1. The van der Waals surface area contributed by atoms with Crippen LogP contribution >= 0.6 is 0 Å². The molecule has 31 heavy (non-hydrogen) atoms. The van der Waals surface area contributed by atoms with Gasteiger partial charge in [-0.15, -0.1) is 0 Å². The summed E-state index contributed by atoms with van der Waals surface area (Å²) in [5.41, 5.74) is 1.04. The van der Waals surface area contributed by atoms with Crippen molar-refractivity contribution < 1.29 is 26.0 Å². The minimum absolute atomic E-state index is 0.0436. The molecule has 10 heteroatoms. The molecule has 2 heterocycles. The van der Waals surface area contributed by atoms with Gasteiger partial charge in [0.25, 0.3) is 0 Å². The van der Waals surface area contributed by atoms with Crippen molar-refractivity contribution in [3.63, 3.8) is 0 Å². The summed E-state index contributed by atoms with van der Waals surface area (Å²) >= 11 is 0. The Labute approximate surface area is 182 Å². The Morgan fingerprint density at radius 3 is 2.13 bits per heavy atom. The van der Waals surface area contributed by atoms with Gasteiger partial charge in [-0.3, -0.25) is 4.90 Å². The number of methoxy groups -OCH3 is 1. The molecule has 0 N–H and O–H groups in total. The molecule has 2 aromatic rings. The fourth-order valence-electron chi connectivity index (χ4n) is 4.34. The zero-order valence-corrected chi connectivity index (χ0v) is 18.8. The normalized spacial score (nSPS) is 24.3. The van der Waals surface area contributed by atoms with E-state index < -0.39 is 42.5 Å². The second-order valence-corrected chi connectivity index (χ2v) is 12.2. The Morgan fingerprint density at radius 1 is 0.935 bits per heavy atom. The van der Waals surface area contributed by atoms with E-state index in [-0.39, 0.29) is 10.6 Å². The molecule has 168 valence electrons. The molecular weight excluding hydrogens is 443 g/mol. The summed E-state index contributed by atoms with van der Waals surface area (Å²) in [6.45, 7) is 2.43. The second-order valence-electron chi connectivity index (χ2n) is 7.90. The number of piperazine rings is 1. The molecule has 0 saturated carbocycles. The zero-order chi connectivity index (χ0) is 22.2. The first-order valence-corrected chi connectivity index (χ1v) is 13.4. The van der Waals surface area contributed by atoms with E-state index in [1.54, 1.807) is 7.11 Å². The van der Waals surface area contributed by atoms with Crippen LogP contribution in [0.1, 0.15) is 0 Å². The monoisotopic (exact) mass is 468 g/mol. The predicted molar refractivity (Wildman–Crippen MR) is 117 cm³/mol. The molecule has 0 aromatic heterocycles.